The van der Waals surface area contributed by atoms with Gasteiger partial charge in [0.05, 0.1) is 66.2 Å². The van der Waals surface area contributed by atoms with Crippen LogP contribution in [-0.4, -0.2) is 46.3 Å². The van der Waals surface area contributed by atoms with Crippen molar-refractivity contribution in [1.82, 2.24) is 46.3 Å². The molecule has 0 aliphatic rings. The van der Waals surface area contributed by atoms with Crippen LogP contribution in [-0.2, 0) is 0 Å². The predicted octanol–water partition coefficient (Wildman–Crippen LogP) is 20.3. The lowest BCUT2D eigenvalue weighted by Gasteiger charge is -2.18. The molecule has 0 aliphatic heterocycles. The highest BCUT2D eigenvalue weighted by atomic mass is 16.5. The van der Waals surface area contributed by atoms with Crippen LogP contribution in [0.1, 0.15) is 0 Å². The van der Waals surface area contributed by atoms with Gasteiger partial charge in [-0.3, -0.25) is 17.6 Å². The zero-order valence-electron chi connectivity index (χ0n) is 49.3. The molecule has 11 nitrogen and oxygen atoms in total. The van der Waals surface area contributed by atoms with Gasteiger partial charge in [-0.05, 0) is 183 Å². The van der Waals surface area contributed by atoms with Crippen LogP contribution in [0.3, 0.4) is 0 Å². The second kappa shape index (κ2) is 17.1. The molecular weight excluding hydrogens is 1140 g/mol. The molecule has 0 spiro atoms. The summed E-state index contributed by atoms with van der Waals surface area (Å²) in [5.41, 5.74) is 21.1. The van der Waals surface area contributed by atoms with Crippen LogP contribution < -0.4 is 4.74 Å². The standard InChI is InChI=1S/C82H44N10O/c1-3-15-45(16-4-1)75-59-23-11-13-25-61(59)76(62-26-14-12-24-60(62)75)56-41-71-77-72(42-56)88-69-39-54-31-50(27-29-52(54)35-65(69)85-80(88)91(77)79-83-63-33-46-17-7-9-19-48(46)37-67(63)87(71)79)51-28-30-53-36-66-70(40-55(53)32-51)90-74-44-58(93-57-21-5-2-6-22-57)43-73-78(74)92(82(90)86-66)81-84-64-34-47-18-8-10-20-49(47)38-68(64)89(73)81/h1-44H. The fourth-order valence-electron chi connectivity index (χ4n) is 16.1. The highest BCUT2D eigenvalue weighted by molar-refractivity contribution is 6.23. The van der Waals surface area contributed by atoms with Crippen LogP contribution >= 0.6 is 0 Å². The molecule has 0 saturated heterocycles. The van der Waals surface area contributed by atoms with Gasteiger partial charge in [-0.15, -0.1) is 0 Å². The molecular formula is C82H44N10O. The lowest BCUT2D eigenvalue weighted by molar-refractivity contribution is 0.484. The summed E-state index contributed by atoms with van der Waals surface area (Å²) in [4.78, 5) is 21.9. The predicted molar refractivity (Wildman–Crippen MR) is 379 cm³/mol. The molecule has 93 heavy (non-hydrogen) atoms. The van der Waals surface area contributed by atoms with Gasteiger partial charge in [-0.25, -0.2) is 28.7 Å². The van der Waals surface area contributed by atoms with E-state index in [0.29, 0.717) is 0 Å². The third-order valence-electron chi connectivity index (χ3n) is 20.1. The van der Waals surface area contributed by atoms with Gasteiger partial charge in [0, 0.05) is 12.1 Å². The first-order valence-corrected chi connectivity index (χ1v) is 31.5. The van der Waals surface area contributed by atoms with Gasteiger partial charge in [0.2, 0.25) is 23.1 Å². The topological polar surface area (TPSA) is 87.2 Å². The molecule has 23 aromatic rings. The monoisotopic (exact) mass is 1180 g/mol. The van der Waals surface area contributed by atoms with E-state index in [0.717, 1.165) is 166 Å². The average molecular weight is 1190 g/mol. The van der Waals surface area contributed by atoms with E-state index >= 15 is 0 Å². The summed E-state index contributed by atoms with van der Waals surface area (Å²) in [6.45, 7) is 0. The molecule has 8 aromatic heterocycles. The molecule has 0 bridgehead atoms. The van der Waals surface area contributed by atoms with Gasteiger partial charge in [0.1, 0.15) is 22.5 Å². The first-order chi connectivity index (χ1) is 46.0. The molecule has 23 rings (SSSR count). The van der Waals surface area contributed by atoms with Crippen molar-refractivity contribution >= 4 is 165 Å². The Labute approximate surface area is 524 Å². The second-order valence-corrected chi connectivity index (χ2v) is 25.1. The largest absolute Gasteiger partial charge is 0.457 e. The number of fused-ring (bicyclic) bond motifs is 26. The highest BCUT2D eigenvalue weighted by Gasteiger charge is 2.29. The lowest BCUT2D eigenvalue weighted by atomic mass is 9.86. The number of para-hydroxylation sites is 1. The first kappa shape index (κ1) is 48.1. The zero-order chi connectivity index (χ0) is 60.1. The van der Waals surface area contributed by atoms with Crippen LogP contribution in [0.4, 0.5) is 0 Å². The number of hydrogen-bond donors (Lipinski definition) is 0. The van der Waals surface area contributed by atoms with Crippen molar-refractivity contribution in [3.8, 4) is 44.9 Å². The number of aromatic nitrogens is 10. The molecule has 0 unspecified atom stereocenters. The molecule has 428 valence electrons. The van der Waals surface area contributed by atoms with Gasteiger partial charge in [0.25, 0.3) is 0 Å². The molecule has 0 aliphatic carbocycles. The Hall–Kier alpha value is -12.9. The molecule has 0 radical (unpaired) electrons. The van der Waals surface area contributed by atoms with Gasteiger partial charge in [-0.1, -0.05) is 170 Å². The number of hydrogen-bond acceptors (Lipinski definition) is 5. The van der Waals surface area contributed by atoms with Crippen LogP contribution in [0, 0.1) is 0 Å². The van der Waals surface area contributed by atoms with Crippen molar-refractivity contribution in [1.29, 1.82) is 0 Å². The van der Waals surface area contributed by atoms with Crippen molar-refractivity contribution in [2.24, 2.45) is 0 Å². The van der Waals surface area contributed by atoms with Crippen molar-refractivity contribution < 1.29 is 4.74 Å². The smallest absolute Gasteiger partial charge is 0.223 e. The SMILES string of the molecule is c1ccc(Oc2cc3c4c(c2)n2c5cc6cc(-c7ccc8cc9nc%10n(c9cc8c7)c7cc(-c8c9ccccc9c(-c9ccccc9)c9ccccc89)cc8c7n%10c7nc9cc%10ccccc%10cc9n87)ccc6cc5nc2n4c2nc4cc5ccccc5cc4n32)cc1. The minimum atomic E-state index is 0.735. The summed E-state index contributed by atoms with van der Waals surface area (Å²) in [5.74, 6) is 4.78. The normalized spacial score (nSPS) is 12.7. The summed E-state index contributed by atoms with van der Waals surface area (Å²) in [7, 11) is 0. The molecule has 0 N–H and O–H groups in total. The summed E-state index contributed by atoms with van der Waals surface area (Å²) < 4.78 is 20.5. The fourth-order valence-corrected chi connectivity index (χ4v) is 16.1. The molecule has 0 fully saturated rings. The summed E-state index contributed by atoms with van der Waals surface area (Å²) in [5, 5.41) is 14.0. The number of benzene rings is 15. The van der Waals surface area contributed by atoms with Gasteiger partial charge in [0.15, 0.2) is 0 Å². The van der Waals surface area contributed by atoms with E-state index < -0.39 is 0 Å². The first-order valence-electron chi connectivity index (χ1n) is 31.5. The summed E-state index contributed by atoms with van der Waals surface area (Å²) >= 11 is 0. The average Bonchev–Trinajstić information content (AvgIpc) is 1.52. The van der Waals surface area contributed by atoms with Crippen LogP contribution in [0.25, 0.3) is 198 Å². The molecule has 0 saturated carbocycles. The second-order valence-electron chi connectivity index (χ2n) is 25.1. The summed E-state index contributed by atoms with van der Waals surface area (Å²) in [6.07, 6.45) is 0. The van der Waals surface area contributed by atoms with Gasteiger partial charge in [-0.2, -0.15) is 0 Å². The Bertz CT molecular complexity index is 7210. The van der Waals surface area contributed by atoms with E-state index in [4.69, 9.17) is 24.7 Å². The Kier molecular flexibility index (Phi) is 8.84. The van der Waals surface area contributed by atoms with E-state index in [9.17, 15) is 0 Å². The zero-order valence-corrected chi connectivity index (χ0v) is 49.3. The van der Waals surface area contributed by atoms with E-state index in [1.165, 1.54) is 43.6 Å². The third-order valence-corrected chi connectivity index (χ3v) is 20.1. The molecule has 11 heteroatoms. The minimum absolute atomic E-state index is 0.735. The van der Waals surface area contributed by atoms with Crippen LogP contribution in [0.15, 0.2) is 267 Å². The molecule has 15 aromatic carbocycles. The Morgan fingerprint density at radius 1 is 0.215 bits per heavy atom. The molecule has 0 amide bonds. The Morgan fingerprint density at radius 2 is 0.548 bits per heavy atom. The van der Waals surface area contributed by atoms with Crippen molar-refractivity contribution in [2.75, 3.05) is 0 Å². The lowest BCUT2D eigenvalue weighted by Crippen LogP contribution is -1.92. The maximum atomic E-state index is 6.68. The van der Waals surface area contributed by atoms with Gasteiger partial charge >= 0.3 is 0 Å². The van der Waals surface area contributed by atoms with Crippen molar-refractivity contribution in [3.05, 3.63) is 267 Å². The summed E-state index contributed by atoms with van der Waals surface area (Å²) in [6, 6.07) is 96.6. The maximum absolute atomic E-state index is 6.68. The van der Waals surface area contributed by atoms with Gasteiger partial charge < -0.3 is 4.74 Å². The van der Waals surface area contributed by atoms with E-state index in [2.05, 4.69) is 263 Å². The maximum Gasteiger partial charge on any atom is 0.223 e. The Morgan fingerprint density at radius 3 is 0.968 bits per heavy atom. The number of ether oxygens (including phenoxy) is 1. The number of nitrogens with zero attached hydrogens (tertiary/aromatic N) is 10. The Balaban J connectivity index is 0.726. The number of rotatable bonds is 5. The molecule has 0 atom stereocenters. The highest BCUT2D eigenvalue weighted by Crippen LogP contribution is 2.47. The van der Waals surface area contributed by atoms with E-state index in [-0.39, 0.29) is 0 Å². The van der Waals surface area contributed by atoms with E-state index in [1.807, 2.05) is 30.3 Å². The van der Waals surface area contributed by atoms with Crippen molar-refractivity contribution in [2.45, 2.75) is 0 Å². The third kappa shape index (κ3) is 6.31. The molecule has 8 heterocycles. The van der Waals surface area contributed by atoms with Crippen LogP contribution in [0.5, 0.6) is 11.5 Å². The van der Waals surface area contributed by atoms with Crippen molar-refractivity contribution in [3.63, 3.8) is 0 Å². The van der Waals surface area contributed by atoms with Crippen LogP contribution in [0.2, 0.25) is 0 Å². The fraction of sp³-hybridized carbons (Fsp3) is 0. The minimum Gasteiger partial charge on any atom is -0.457 e. The quantitative estimate of drug-likeness (QED) is 0.160. The number of imidazole rings is 8. The van der Waals surface area contributed by atoms with E-state index in [1.54, 1.807) is 0 Å².